The second-order valence-corrected chi connectivity index (χ2v) is 8.82. The quantitative estimate of drug-likeness (QED) is 0.229. The summed E-state index contributed by atoms with van der Waals surface area (Å²) in [4.78, 5) is 41.8. The number of ether oxygens (including phenoxy) is 2. The number of carboxylic acids is 1. The number of aromatic amines is 1. The summed E-state index contributed by atoms with van der Waals surface area (Å²) in [5.74, 6) is -4.26. The van der Waals surface area contributed by atoms with Crippen molar-refractivity contribution >= 4 is 40.4 Å². The van der Waals surface area contributed by atoms with Gasteiger partial charge in [-0.3, -0.25) is 9.59 Å². The number of halogens is 1. The number of methoxy groups -OCH3 is 1. The molecule has 7 nitrogen and oxygen atoms in total. The molecule has 0 fully saturated rings. The van der Waals surface area contributed by atoms with Crippen molar-refractivity contribution in [2.75, 3.05) is 7.11 Å². The molecule has 0 saturated heterocycles. The lowest BCUT2D eigenvalue weighted by atomic mass is 9.84. The van der Waals surface area contributed by atoms with E-state index in [1.807, 2.05) is 6.07 Å². The van der Waals surface area contributed by atoms with Gasteiger partial charge >= 0.3 is 17.9 Å². The Morgan fingerprint density at radius 1 is 0.972 bits per heavy atom. The number of nitrogens with one attached hydrogen (secondary N) is 1. The maximum Gasteiger partial charge on any atom is 0.345 e. The molecule has 2 atom stereocenters. The first-order valence-electron chi connectivity index (χ1n) is 11.2. The molecule has 0 saturated carbocycles. The molecule has 1 heterocycles. The number of aryl methyl sites for hydroxylation is 1. The van der Waals surface area contributed by atoms with Crippen LogP contribution in [0.25, 0.3) is 10.9 Å². The van der Waals surface area contributed by atoms with Crippen molar-refractivity contribution in [1.82, 2.24) is 4.98 Å². The molecular weight excluding hydrogens is 482 g/mol. The van der Waals surface area contributed by atoms with E-state index in [0.29, 0.717) is 33.0 Å². The highest BCUT2D eigenvalue weighted by Crippen LogP contribution is 2.38. The molecule has 4 aromatic rings. The summed E-state index contributed by atoms with van der Waals surface area (Å²) in [7, 11) is 1.53. The second-order valence-electron chi connectivity index (χ2n) is 8.38. The fourth-order valence-corrected chi connectivity index (χ4v) is 4.47. The van der Waals surface area contributed by atoms with Crippen molar-refractivity contribution in [3.8, 4) is 5.75 Å². The van der Waals surface area contributed by atoms with Crippen molar-refractivity contribution in [3.05, 3.63) is 100 Å². The zero-order chi connectivity index (χ0) is 25.8. The van der Waals surface area contributed by atoms with Crippen LogP contribution in [0.2, 0.25) is 5.02 Å². The molecule has 0 amide bonds. The van der Waals surface area contributed by atoms with Gasteiger partial charge in [-0.05, 0) is 66.9 Å². The van der Waals surface area contributed by atoms with E-state index in [1.165, 1.54) is 31.4 Å². The van der Waals surface area contributed by atoms with Crippen LogP contribution in [0, 0.1) is 6.92 Å². The van der Waals surface area contributed by atoms with Gasteiger partial charge < -0.3 is 19.6 Å². The highest BCUT2D eigenvalue weighted by atomic mass is 35.5. The summed E-state index contributed by atoms with van der Waals surface area (Å²) in [6.45, 7) is 1.79. The molecule has 3 aromatic carbocycles. The van der Waals surface area contributed by atoms with Gasteiger partial charge in [0.2, 0.25) is 0 Å². The molecule has 0 aliphatic rings. The maximum absolute atomic E-state index is 13.5. The number of aliphatic carboxylic acids is 1. The van der Waals surface area contributed by atoms with Crippen LogP contribution in [-0.2, 0) is 14.3 Å². The number of hydrogen-bond acceptors (Lipinski definition) is 5. The number of carbonyl (C=O) groups excluding carboxylic acids is 2. The summed E-state index contributed by atoms with van der Waals surface area (Å²) in [5.41, 5.74) is 2.66. The number of carboxylic acid groups (broad SMARTS) is 1. The summed E-state index contributed by atoms with van der Waals surface area (Å²) >= 11 is 5.89. The van der Waals surface area contributed by atoms with Gasteiger partial charge in [0.1, 0.15) is 5.75 Å². The number of benzene rings is 3. The lowest BCUT2D eigenvalue weighted by Crippen LogP contribution is -2.25. The van der Waals surface area contributed by atoms with E-state index >= 15 is 0 Å². The molecule has 2 N–H and O–H groups in total. The molecule has 36 heavy (non-hydrogen) atoms. The van der Waals surface area contributed by atoms with Crippen LogP contribution in [0.5, 0.6) is 5.75 Å². The average Bonchev–Trinajstić information content (AvgIpc) is 3.19. The van der Waals surface area contributed by atoms with Crippen molar-refractivity contribution in [3.63, 3.8) is 0 Å². The standard InChI is InChI=1S/C28H24ClNO6/c1-16-25(22-14-20(35-2)12-13-24(22)30-16)23(15-21(26(31)32)17-6-4-3-5-7-17)28(34)36-27(33)18-8-10-19(29)11-9-18/h3-14,21,23,30H,15H2,1-2H3,(H,31,32). The fraction of sp³-hybridized carbons (Fsp3) is 0.179. The molecule has 0 aliphatic heterocycles. The normalized spacial score (nSPS) is 12.6. The Bertz CT molecular complexity index is 1410. The van der Waals surface area contributed by atoms with Crippen molar-refractivity contribution in [2.24, 2.45) is 0 Å². The van der Waals surface area contributed by atoms with E-state index in [1.54, 1.807) is 49.4 Å². The average molecular weight is 506 g/mol. The van der Waals surface area contributed by atoms with E-state index < -0.39 is 29.7 Å². The third-order valence-electron chi connectivity index (χ3n) is 6.12. The molecule has 2 unspecified atom stereocenters. The lowest BCUT2D eigenvalue weighted by molar-refractivity contribution is -0.141. The van der Waals surface area contributed by atoms with Gasteiger partial charge in [0.25, 0.3) is 0 Å². The maximum atomic E-state index is 13.5. The lowest BCUT2D eigenvalue weighted by Gasteiger charge is -2.21. The number of esters is 2. The topological polar surface area (TPSA) is 106 Å². The van der Waals surface area contributed by atoms with Crippen LogP contribution < -0.4 is 4.74 Å². The molecule has 4 rings (SSSR count). The number of H-pyrrole nitrogens is 1. The molecule has 0 radical (unpaired) electrons. The van der Waals surface area contributed by atoms with Gasteiger partial charge in [-0.1, -0.05) is 41.9 Å². The third-order valence-corrected chi connectivity index (χ3v) is 6.37. The molecule has 1 aromatic heterocycles. The van der Waals surface area contributed by atoms with Gasteiger partial charge in [0, 0.05) is 21.6 Å². The van der Waals surface area contributed by atoms with Crippen LogP contribution in [0.15, 0.2) is 72.8 Å². The van der Waals surface area contributed by atoms with Crippen LogP contribution >= 0.6 is 11.6 Å². The molecule has 0 aliphatic carbocycles. The van der Waals surface area contributed by atoms with E-state index in [4.69, 9.17) is 21.1 Å². The Labute approximate surface area is 212 Å². The summed E-state index contributed by atoms with van der Waals surface area (Å²) < 4.78 is 10.6. The first kappa shape index (κ1) is 25.0. The molecule has 184 valence electrons. The second kappa shape index (κ2) is 10.7. The zero-order valence-corrected chi connectivity index (χ0v) is 20.4. The monoisotopic (exact) mass is 505 g/mol. The first-order chi connectivity index (χ1) is 17.3. The molecular formula is C28H24ClNO6. The van der Waals surface area contributed by atoms with Crippen LogP contribution in [-0.4, -0.2) is 35.1 Å². The Kier molecular flexibility index (Phi) is 7.41. The number of rotatable bonds is 8. The number of fused-ring (bicyclic) bond motifs is 1. The first-order valence-corrected chi connectivity index (χ1v) is 11.6. The van der Waals surface area contributed by atoms with Gasteiger partial charge in [0.05, 0.1) is 24.5 Å². The Hall–Kier alpha value is -4.10. The molecule has 0 spiro atoms. The summed E-state index contributed by atoms with van der Waals surface area (Å²) in [5, 5.41) is 11.2. The van der Waals surface area contributed by atoms with Crippen molar-refractivity contribution < 1.29 is 29.0 Å². The highest BCUT2D eigenvalue weighted by Gasteiger charge is 2.35. The Morgan fingerprint density at radius 2 is 1.67 bits per heavy atom. The molecule has 8 heteroatoms. The van der Waals surface area contributed by atoms with Crippen LogP contribution in [0.3, 0.4) is 0 Å². The predicted octanol–water partition coefficient (Wildman–Crippen LogP) is 5.86. The van der Waals surface area contributed by atoms with E-state index in [9.17, 15) is 19.5 Å². The van der Waals surface area contributed by atoms with Gasteiger partial charge in [-0.15, -0.1) is 0 Å². The SMILES string of the molecule is COc1ccc2[nH]c(C)c(C(CC(C(=O)O)c3ccccc3)C(=O)OC(=O)c3ccc(Cl)cc3)c2c1. The van der Waals surface area contributed by atoms with E-state index in [-0.39, 0.29) is 12.0 Å². The minimum Gasteiger partial charge on any atom is -0.497 e. The largest absolute Gasteiger partial charge is 0.497 e. The van der Waals surface area contributed by atoms with Gasteiger partial charge in [-0.2, -0.15) is 0 Å². The van der Waals surface area contributed by atoms with Crippen LogP contribution in [0.4, 0.5) is 0 Å². The number of hydrogen-bond donors (Lipinski definition) is 2. The Morgan fingerprint density at radius 3 is 2.31 bits per heavy atom. The predicted molar refractivity (Wildman–Crippen MR) is 136 cm³/mol. The highest BCUT2D eigenvalue weighted by molar-refractivity contribution is 6.30. The number of aromatic nitrogens is 1. The number of carbonyl (C=O) groups is 3. The van der Waals surface area contributed by atoms with Gasteiger partial charge in [0.15, 0.2) is 0 Å². The summed E-state index contributed by atoms with van der Waals surface area (Å²) in [6, 6.07) is 20.0. The van der Waals surface area contributed by atoms with Gasteiger partial charge in [-0.25, -0.2) is 4.79 Å². The van der Waals surface area contributed by atoms with Crippen molar-refractivity contribution in [1.29, 1.82) is 0 Å². The van der Waals surface area contributed by atoms with E-state index in [0.717, 1.165) is 5.52 Å². The Balaban J connectivity index is 1.77. The minimum atomic E-state index is -1.09. The summed E-state index contributed by atoms with van der Waals surface area (Å²) in [6.07, 6.45) is -0.114. The fourth-order valence-electron chi connectivity index (χ4n) is 4.34. The van der Waals surface area contributed by atoms with E-state index in [2.05, 4.69) is 4.98 Å². The van der Waals surface area contributed by atoms with Crippen LogP contribution in [0.1, 0.15) is 45.4 Å². The zero-order valence-electron chi connectivity index (χ0n) is 19.7. The smallest absolute Gasteiger partial charge is 0.345 e. The van der Waals surface area contributed by atoms with Crippen molar-refractivity contribution in [2.45, 2.75) is 25.2 Å². The minimum absolute atomic E-state index is 0.114. The third kappa shape index (κ3) is 5.26. The molecule has 0 bridgehead atoms.